The van der Waals surface area contributed by atoms with Crippen molar-refractivity contribution in [1.29, 1.82) is 0 Å². The van der Waals surface area contributed by atoms with E-state index in [4.69, 9.17) is 0 Å². The number of aromatic nitrogens is 2. The summed E-state index contributed by atoms with van der Waals surface area (Å²) in [5, 5.41) is 8.03. The van der Waals surface area contributed by atoms with Crippen LogP contribution in [0.3, 0.4) is 0 Å². The minimum atomic E-state index is -0.249. The molecule has 0 spiro atoms. The number of anilines is 1. The van der Waals surface area contributed by atoms with Crippen LogP contribution in [0.15, 0.2) is 41.5 Å². The maximum absolute atomic E-state index is 12.2. The Bertz CT molecular complexity index is 982. The number of fused-ring (bicyclic) bond motifs is 1. The molecule has 1 saturated heterocycles. The molecular formula is C22H28N5O2+. The number of likely N-dealkylation sites (tertiary alicyclic amines) is 1. The lowest BCUT2D eigenvalue weighted by molar-refractivity contribution is -0.914. The molecule has 152 valence electrons. The average molecular weight is 394 g/mol. The van der Waals surface area contributed by atoms with Gasteiger partial charge in [0.25, 0.3) is 0 Å². The summed E-state index contributed by atoms with van der Waals surface area (Å²) in [4.78, 5) is 28.2. The van der Waals surface area contributed by atoms with Crippen LogP contribution in [0.1, 0.15) is 32.1 Å². The molecule has 2 aromatic rings. The highest BCUT2D eigenvalue weighted by Crippen LogP contribution is 2.30. The van der Waals surface area contributed by atoms with Gasteiger partial charge < -0.3 is 9.80 Å². The fourth-order valence-corrected chi connectivity index (χ4v) is 4.17. The third-order valence-corrected chi connectivity index (χ3v) is 5.86. The number of hydrogen-bond acceptors (Lipinski definition) is 5. The topological polar surface area (TPSA) is 75.8 Å². The Labute approximate surface area is 170 Å². The molecule has 0 atom stereocenters. The van der Waals surface area contributed by atoms with Gasteiger partial charge in [-0.05, 0) is 43.5 Å². The van der Waals surface area contributed by atoms with Crippen molar-refractivity contribution in [2.75, 3.05) is 38.5 Å². The molecule has 29 heavy (non-hydrogen) atoms. The number of quaternary nitrogens is 1. The number of pyridine rings is 1. The van der Waals surface area contributed by atoms with Gasteiger partial charge in [0.05, 0.1) is 38.6 Å². The number of nitrogens with one attached hydrogen (secondary N) is 1. The second kappa shape index (κ2) is 8.29. The summed E-state index contributed by atoms with van der Waals surface area (Å²) < 4.78 is 2.91. The predicted molar refractivity (Wildman–Crippen MR) is 114 cm³/mol. The molecule has 0 bridgehead atoms. The molecular weight excluding hydrogens is 366 g/mol. The standard InChI is InChI=1S/C22H28N5O2/c1-27(13-5-2-6-14-27)15-7-11-23-22-21(19-8-3-4-12-26(19)25-22)24-18-10-9-17(28)16-20(18)29/h3-4,8-10,12H,2,5-7,11,13-16H2,1H3,(H,23,25)/q+1. The molecule has 0 radical (unpaired) electrons. The number of ketones is 2. The van der Waals surface area contributed by atoms with E-state index in [9.17, 15) is 9.59 Å². The van der Waals surface area contributed by atoms with Crippen molar-refractivity contribution in [3.05, 3.63) is 36.5 Å². The Morgan fingerprint density at radius 1 is 1.17 bits per heavy atom. The fourth-order valence-electron chi connectivity index (χ4n) is 4.17. The van der Waals surface area contributed by atoms with Gasteiger partial charge in [-0.25, -0.2) is 9.51 Å². The second-order valence-electron chi connectivity index (χ2n) is 8.26. The highest BCUT2D eigenvalue weighted by atomic mass is 16.1. The van der Waals surface area contributed by atoms with Crippen LogP contribution in [0.25, 0.3) is 5.52 Å². The predicted octanol–water partition coefficient (Wildman–Crippen LogP) is 2.94. The molecule has 3 heterocycles. The van der Waals surface area contributed by atoms with Crippen LogP contribution >= 0.6 is 0 Å². The summed E-state index contributed by atoms with van der Waals surface area (Å²) in [6.07, 6.45) is 9.72. The van der Waals surface area contributed by atoms with Gasteiger partial charge in [-0.15, -0.1) is 5.10 Å². The van der Waals surface area contributed by atoms with Gasteiger partial charge in [-0.1, -0.05) is 6.07 Å². The van der Waals surface area contributed by atoms with Crippen LogP contribution < -0.4 is 5.32 Å². The number of carbonyl (C=O) groups excluding carboxylic acids is 2. The van der Waals surface area contributed by atoms with Crippen molar-refractivity contribution in [3.8, 4) is 0 Å². The molecule has 1 aliphatic carbocycles. The number of carbonyl (C=O) groups is 2. The summed E-state index contributed by atoms with van der Waals surface area (Å²) in [5.41, 5.74) is 1.78. The summed E-state index contributed by atoms with van der Waals surface area (Å²) >= 11 is 0. The van der Waals surface area contributed by atoms with Crippen LogP contribution in [-0.4, -0.2) is 64.6 Å². The summed E-state index contributed by atoms with van der Waals surface area (Å²) in [6, 6.07) is 5.76. The minimum absolute atomic E-state index is 0.117. The molecule has 2 aliphatic rings. The van der Waals surface area contributed by atoms with E-state index in [1.54, 1.807) is 4.52 Å². The van der Waals surface area contributed by atoms with E-state index >= 15 is 0 Å². The van der Waals surface area contributed by atoms with Crippen molar-refractivity contribution in [2.45, 2.75) is 32.1 Å². The first kappa shape index (κ1) is 19.5. The number of Topliss-reactive ketones (excluding diaryl/α,β-unsaturated/α-hetero) is 1. The molecule has 0 amide bonds. The van der Waals surface area contributed by atoms with E-state index in [0.29, 0.717) is 17.2 Å². The van der Waals surface area contributed by atoms with Crippen LogP contribution in [0.4, 0.5) is 11.5 Å². The molecule has 1 aliphatic heterocycles. The zero-order valence-corrected chi connectivity index (χ0v) is 16.9. The first-order chi connectivity index (χ1) is 14.0. The molecule has 1 N–H and O–H groups in total. The highest BCUT2D eigenvalue weighted by molar-refractivity contribution is 6.50. The lowest BCUT2D eigenvalue weighted by Crippen LogP contribution is -2.48. The lowest BCUT2D eigenvalue weighted by atomic mass is 10.0. The van der Waals surface area contributed by atoms with Crippen LogP contribution in [0.5, 0.6) is 0 Å². The maximum atomic E-state index is 12.2. The van der Waals surface area contributed by atoms with E-state index in [1.165, 1.54) is 44.5 Å². The van der Waals surface area contributed by atoms with Crippen molar-refractivity contribution in [1.82, 2.24) is 9.61 Å². The Kier molecular flexibility index (Phi) is 5.58. The van der Waals surface area contributed by atoms with Gasteiger partial charge in [0, 0.05) is 19.2 Å². The molecule has 4 rings (SSSR count). The highest BCUT2D eigenvalue weighted by Gasteiger charge is 2.24. The van der Waals surface area contributed by atoms with E-state index in [-0.39, 0.29) is 18.0 Å². The maximum Gasteiger partial charge on any atom is 0.188 e. The monoisotopic (exact) mass is 394 g/mol. The third-order valence-electron chi connectivity index (χ3n) is 5.86. The fraction of sp³-hybridized carbons (Fsp3) is 0.455. The number of rotatable bonds is 6. The molecule has 0 unspecified atom stereocenters. The zero-order chi connectivity index (χ0) is 20.3. The second-order valence-corrected chi connectivity index (χ2v) is 8.26. The SMILES string of the molecule is C[N+]1(CCCNc2nn3ccccc3c2N=C2C=CC(=O)CC2=O)CCCCC1. The van der Waals surface area contributed by atoms with Gasteiger partial charge in [-0.3, -0.25) is 9.59 Å². The number of nitrogens with zero attached hydrogens (tertiary/aromatic N) is 4. The van der Waals surface area contributed by atoms with Gasteiger partial charge in [0.2, 0.25) is 0 Å². The van der Waals surface area contributed by atoms with Gasteiger partial charge in [0.15, 0.2) is 17.4 Å². The summed E-state index contributed by atoms with van der Waals surface area (Å²) in [6.45, 7) is 4.48. The first-order valence-electron chi connectivity index (χ1n) is 10.4. The van der Waals surface area contributed by atoms with Gasteiger partial charge in [-0.2, -0.15) is 0 Å². The number of allylic oxidation sites excluding steroid dienone is 2. The number of piperidine rings is 1. The molecule has 7 heteroatoms. The van der Waals surface area contributed by atoms with Crippen molar-refractivity contribution >= 4 is 34.3 Å². The van der Waals surface area contributed by atoms with Crippen LogP contribution in [-0.2, 0) is 9.59 Å². The van der Waals surface area contributed by atoms with Crippen LogP contribution in [0, 0.1) is 0 Å². The minimum Gasteiger partial charge on any atom is -0.367 e. The molecule has 0 aromatic carbocycles. The molecule has 2 aromatic heterocycles. The largest absolute Gasteiger partial charge is 0.367 e. The van der Waals surface area contributed by atoms with E-state index in [0.717, 1.165) is 29.5 Å². The van der Waals surface area contributed by atoms with Crippen LogP contribution in [0.2, 0.25) is 0 Å². The normalized spacial score (nSPS) is 20.5. The number of hydrogen-bond donors (Lipinski definition) is 1. The molecule has 1 fully saturated rings. The van der Waals surface area contributed by atoms with Gasteiger partial charge in [0.1, 0.15) is 11.4 Å². The van der Waals surface area contributed by atoms with E-state index < -0.39 is 0 Å². The third kappa shape index (κ3) is 4.45. The van der Waals surface area contributed by atoms with Crippen molar-refractivity contribution in [2.24, 2.45) is 4.99 Å². The smallest absolute Gasteiger partial charge is 0.188 e. The Balaban J connectivity index is 1.52. The van der Waals surface area contributed by atoms with Crippen molar-refractivity contribution in [3.63, 3.8) is 0 Å². The lowest BCUT2D eigenvalue weighted by Gasteiger charge is -2.37. The Morgan fingerprint density at radius 3 is 2.79 bits per heavy atom. The zero-order valence-electron chi connectivity index (χ0n) is 16.9. The Hall–Kier alpha value is -2.80. The summed E-state index contributed by atoms with van der Waals surface area (Å²) in [5.74, 6) is 0.242. The van der Waals surface area contributed by atoms with E-state index in [1.807, 2.05) is 24.4 Å². The van der Waals surface area contributed by atoms with Crippen molar-refractivity contribution < 1.29 is 14.1 Å². The van der Waals surface area contributed by atoms with E-state index in [2.05, 4.69) is 22.5 Å². The average Bonchev–Trinajstić information content (AvgIpc) is 3.05. The summed E-state index contributed by atoms with van der Waals surface area (Å²) in [7, 11) is 2.35. The molecule has 7 nitrogen and oxygen atoms in total. The first-order valence-corrected chi connectivity index (χ1v) is 10.4. The Morgan fingerprint density at radius 2 is 2.00 bits per heavy atom. The molecule has 0 saturated carbocycles. The quantitative estimate of drug-likeness (QED) is 0.464. The number of aliphatic imine (C=N–C) groups is 1. The van der Waals surface area contributed by atoms with Gasteiger partial charge >= 0.3 is 0 Å².